The zero-order chi connectivity index (χ0) is 13.6. The van der Waals surface area contributed by atoms with Gasteiger partial charge in [0, 0.05) is 5.97 Å². The molecule has 0 radical (unpaired) electrons. The van der Waals surface area contributed by atoms with E-state index in [-0.39, 0.29) is 6.42 Å². The van der Waals surface area contributed by atoms with Crippen molar-refractivity contribution in [3.8, 4) is 0 Å². The summed E-state index contributed by atoms with van der Waals surface area (Å²) in [4.78, 5) is 26.4. The molecule has 0 aromatic heterocycles. The minimum absolute atomic E-state index is 0.216. The minimum atomic E-state index is -2.33. The third kappa shape index (κ3) is 161. The van der Waals surface area contributed by atoms with Gasteiger partial charge in [0.1, 0.15) is 0 Å². The third-order valence-corrected chi connectivity index (χ3v) is 0.984. The van der Waals surface area contributed by atoms with E-state index < -0.39 is 18.3 Å². The Morgan fingerprint density at radius 3 is 1.31 bits per heavy atom. The predicted molar refractivity (Wildman–Crippen MR) is 39.9 cm³/mol. The van der Waals surface area contributed by atoms with Crippen LogP contribution in [0.5, 0.6) is 0 Å². The lowest BCUT2D eigenvalue weighted by Gasteiger charge is -1.97. The normalized spacial score (nSPS) is 7.56. The molecule has 0 bridgehead atoms. The quantitative estimate of drug-likeness (QED) is 0.438. The van der Waals surface area contributed by atoms with Gasteiger partial charge in [-0.15, -0.1) is 0 Å². The molecule has 0 spiro atoms. The maximum Gasteiger partial charge on any atom is 0.0414 e. The van der Waals surface area contributed by atoms with Gasteiger partial charge in [-0.25, -0.2) is 0 Å². The molecule has 0 saturated heterocycles. The van der Waals surface area contributed by atoms with Crippen molar-refractivity contribution in [3.63, 3.8) is 0 Å². The average molecular weight is 235 g/mol. The SMILES string of the molecule is CCCCCC(=O)[O-].O=C([O-])[O-].O=C([O-])[O-]. The Labute approximate surface area is 91.8 Å². The highest BCUT2D eigenvalue weighted by Gasteiger charge is 1.84. The van der Waals surface area contributed by atoms with Gasteiger partial charge in [0.2, 0.25) is 0 Å². The van der Waals surface area contributed by atoms with Crippen molar-refractivity contribution >= 4 is 18.3 Å². The van der Waals surface area contributed by atoms with Crippen LogP contribution in [0.25, 0.3) is 0 Å². The average Bonchev–Trinajstić information content (AvgIpc) is 2.01. The Hall–Kier alpha value is -1.99. The second-order valence-corrected chi connectivity index (χ2v) is 2.33. The van der Waals surface area contributed by atoms with Crippen LogP contribution in [0.4, 0.5) is 9.59 Å². The van der Waals surface area contributed by atoms with Crippen molar-refractivity contribution in [2.45, 2.75) is 32.6 Å². The Morgan fingerprint density at radius 2 is 1.12 bits per heavy atom. The van der Waals surface area contributed by atoms with Crippen molar-refractivity contribution in [3.05, 3.63) is 0 Å². The van der Waals surface area contributed by atoms with Crippen LogP contribution in [0.15, 0.2) is 0 Å². The van der Waals surface area contributed by atoms with E-state index in [2.05, 4.69) is 0 Å². The lowest BCUT2D eigenvalue weighted by Crippen LogP contribution is -2.37. The van der Waals surface area contributed by atoms with Crippen molar-refractivity contribution in [1.82, 2.24) is 0 Å². The van der Waals surface area contributed by atoms with E-state index in [4.69, 9.17) is 30.0 Å². The van der Waals surface area contributed by atoms with Crippen LogP contribution >= 0.6 is 0 Å². The fourth-order valence-electron chi connectivity index (χ4n) is 0.519. The largest absolute Gasteiger partial charge is 0.652 e. The fraction of sp³-hybridized carbons (Fsp3) is 0.625. The Balaban J connectivity index is -0.000000179. The van der Waals surface area contributed by atoms with Gasteiger partial charge in [-0.2, -0.15) is 0 Å². The van der Waals surface area contributed by atoms with Gasteiger partial charge in [0.25, 0.3) is 0 Å². The molecule has 0 rings (SSSR count). The maximum atomic E-state index is 9.76. The molecule has 0 N–H and O–H groups in total. The smallest absolute Gasteiger partial charge is 0.0414 e. The van der Waals surface area contributed by atoms with Crippen LogP contribution in [-0.4, -0.2) is 18.3 Å². The summed E-state index contributed by atoms with van der Waals surface area (Å²) in [5, 5.41) is 43.1. The first-order chi connectivity index (χ1) is 7.23. The number of rotatable bonds is 4. The van der Waals surface area contributed by atoms with Crippen molar-refractivity contribution in [1.29, 1.82) is 0 Å². The topological polar surface area (TPSA) is 167 Å². The molecule has 0 heterocycles. The Morgan fingerprint density at radius 1 is 0.812 bits per heavy atom. The second kappa shape index (κ2) is 15.5. The van der Waals surface area contributed by atoms with Crippen molar-refractivity contribution in [2.24, 2.45) is 0 Å². The van der Waals surface area contributed by atoms with Crippen LogP contribution in [0.3, 0.4) is 0 Å². The molecule has 96 valence electrons. The van der Waals surface area contributed by atoms with Gasteiger partial charge < -0.3 is 39.9 Å². The number of carboxylic acids is 1. The number of carbonyl (C=O) groups excluding carboxylic acids is 3. The fourth-order valence-corrected chi connectivity index (χ4v) is 0.519. The highest BCUT2D eigenvalue weighted by molar-refractivity contribution is 5.63. The molecule has 16 heavy (non-hydrogen) atoms. The minimum Gasteiger partial charge on any atom is -0.652 e. The Bertz CT molecular complexity index is 180. The van der Waals surface area contributed by atoms with Crippen LogP contribution in [0.2, 0.25) is 0 Å². The number of hydrogen-bond acceptors (Lipinski definition) is 8. The molecular weight excluding hydrogens is 224 g/mol. The number of carbonyl (C=O) groups is 3. The van der Waals surface area contributed by atoms with Gasteiger partial charge in [0.15, 0.2) is 0 Å². The second-order valence-electron chi connectivity index (χ2n) is 2.33. The number of aliphatic carboxylic acids is 1. The summed E-state index contributed by atoms with van der Waals surface area (Å²) in [6, 6.07) is 0. The van der Waals surface area contributed by atoms with Gasteiger partial charge in [0.05, 0.1) is 0 Å². The molecule has 8 heteroatoms. The van der Waals surface area contributed by atoms with Crippen LogP contribution in [0, 0.1) is 0 Å². The maximum absolute atomic E-state index is 9.76. The van der Waals surface area contributed by atoms with E-state index in [1.54, 1.807) is 0 Å². The molecule has 0 unspecified atom stereocenters. The highest BCUT2D eigenvalue weighted by atomic mass is 16.6. The molecule has 0 saturated carbocycles. The van der Waals surface area contributed by atoms with E-state index in [0.29, 0.717) is 0 Å². The van der Waals surface area contributed by atoms with Gasteiger partial charge >= 0.3 is 0 Å². The molecule has 0 amide bonds. The van der Waals surface area contributed by atoms with Crippen LogP contribution in [-0.2, 0) is 4.79 Å². The van der Waals surface area contributed by atoms with Crippen molar-refractivity contribution < 1.29 is 39.9 Å². The lowest BCUT2D eigenvalue weighted by atomic mass is 10.2. The molecule has 0 aliphatic carbocycles. The molecular formula is C8H11O8-5. The van der Waals surface area contributed by atoms with E-state index >= 15 is 0 Å². The van der Waals surface area contributed by atoms with Gasteiger partial charge in [-0.3, -0.25) is 0 Å². The molecule has 0 aromatic rings. The van der Waals surface area contributed by atoms with E-state index in [1.165, 1.54) is 0 Å². The summed E-state index contributed by atoms with van der Waals surface area (Å²) >= 11 is 0. The zero-order valence-corrected chi connectivity index (χ0v) is 8.59. The van der Waals surface area contributed by atoms with Gasteiger partial charge in [-0.1, -0.05) is 19.8 Å². The lowest BCUT2D eigenvalue weighted by molar-refractivity contribution is -0.417. The predicted octanol–water partition coefficient (Wildman–Crippen LogP) is -4.58. The van der Waals surface area contributed by atoms with Crippen LogP contribution in [0.1, 0.15) is 32.6 Å². The molecule has 0 aliphatic heterocycles. The number of unbranched alkanes of at least 4 members (excludes halogenated alkanes) is 2. The molecule has 0 aliphatic rings. The molecule has 8 nitrogen and oxygen atoms in total. The third-order valence-electron chi connectivity index (χ3n) is 0.984. The van der Waals surface area contributed by atoms with Crippen molar-refractivity contribution in [2.75, 3.05) is 0 Å². The molecule has 0 fully saturated rings. The standard InChI is InChI=1S/C6H12O2.2CH2O3/c1-2-3-4-5-6(7)8;2*2-1(3)4/h2-5H2,1H3,(H,7,8);2*(H2,2,3,4)/p-5. The Kier molecular flexibility index (Phi) is 18.9. The first-order valence-electron chi connectivity index (χ1n) is 4.19. The monoisotopic (exact) mass is 235 g/mol. The first-order valence-corrected chi connectivity index (χ1v) is 4.19. The van der Waals surface area contributed by atoms with E-state index in [0.717, 1.165) is 19.3 Å². The first kappa shape index (κ1) is 19.6. The van der Waals surface area contributed by atoms with Gasteiger partial charge in [-0.05, 0) is 25.2 Å². The summed E-state index contributed by atoms with van der Waals surface area (Å²) in [5.74, 6) is -0.932. The summed E-state index contributed by atoms with van der Waals surface area (Å²) in [5.41, 5.74) is 0. The summed E-state index contributed by atoms with van der Waals surface area (Å²) in [7, 11) is 0. The highest BCUT2D eigenvalue weighted by Crippen LogP contribution is 1.96. The number of carboxylic acid groups (broad SMARTS) is 5. The zero-order valence-electron chi connectivity index (χ0n) is 8.59. The van der Waals surface area contributed by atoms with E-state index in [1.807, 2.05) is 6.92 Å². The summed E-state index contributed by atoms with van der Waals surface area (Å²) < 4.78 is 0. The molecule has 0 aromatic carbocycles. The molecule has 0 atom stereocenters. The number of hydrogen-bond donors (Lipinski definition) is 0. The summed E-state index contributed by atoms with van der Waals surface area (Å²) in [6.07, 6.45) is -1.63. The summed E-state index contributed by atoms with van der Waals surface area (Å²) in [6.45, 7) is 2.04. The van der Waals surface area contributed by atoms with Crippen LogP contribution < -0.4 is 25.5 Å². The van der Waals surface area contributed by atoms with E-state index in [9.17, 15) is 9.90 Å².